The van der Waals surface area contributed by atoms with Gasteiger partial charge in [0.05, 0.1) is 0 Å². The van der Waals surface area contributed by atoms with Gasteiger partial charge in [0, 0.05) is 11.1 Å². The average molecular weight is 282 g/mol. The first-order chi connectivity index (χ1) is 9.95. The smallest absolute Gasteiger partial charge is 0.231 e. The molecule has 0 fully saturated rings. The second-order valence-corrected chi connectivity index (χ2v) is 6.22. The summed E-state index contributed by atoms with van der Waals surface area (Å²) in [5.74, 6) is 1.32. The summed E-state index contributed by atoms with van der Waals surface area (Å²) in [5, 5.41) is 0. The Balaban J connectivity index is 1.88. The van der Waals surface area contributed by atoms with Gasteiger partial charge in [0.1, 0.15) is 0 Å². The summed E-state index contributed by atoms with van der Waals surface area (Å²) in [6, 6.07) is 13.1. The topological polar surface area (TPSA) is 35.5 Å². The third kappa shape index (κ3) is 2.64. The van der Waals surface area contributed by atoms with Crippen LogP contribution in [0.2, 0.25) is 0 Å². The van der Waals surface area contributed by atoms with Crippen LogP contribution in [0.3, 0.4) is 0 Å². The fourth-order valence-electron chi connectivity index (χ4n) is 2.33. The molecule has 1 heterocycles. The van der Waals surface area contributed by atoms with Gasteiger partial charge < -0.3 is 9.47 Å². The van der Waals surface area contributed by atoms with Gasteiger partial charge >= 0.3 is 0 Å². The zero-order valence-electron chi connectivity index (χ0n) is 12.5. The van der Waals surface area contributed by atoms with Crippen molar-refractivity contribution in [2.45, 2.75) is 26.2 Å². The fraction of sp³-hybridized carbons (Fsp3) is 0.278. The molecule has 2 aromatic carbocycles. The number of fused-ring (bicyclic) bond motifs is 1. The lowest BCUT2D eigenvalue weighted by atomic mass is 9.86. The molecule has 21 heavy (non-hydrogen) atoms. The van der Waals surface area contributed by atoms with Crippen LogP contribution in [-0.2, 0) is 5.41 Å². The molecule has 0 amide bonds. The zero-order valence-corrected chi connectivity index (χ0v) is 12.5. The molecule has 0 saturated carbocycles. The molecule has 3 nitrogen and oxygen atoms in total. The molecule has 3 rings (SSSR count). The molecule has 0 atom stereocenters. The summed E-state index contributed by atoms with van der Waals surface area (Å²) < 4.78 is 10.6. The SMILES string of the molecule is CC(C)(C)c1ccc(C(=O)c2ccc3c(c2)OCO3)cc1. The van der Waals surface area contributed by atoms with Gasteiger partial charge in [-0.1, -0.05) is 45.0 Å². The van der Waals surface area contributed by atoms with Crippen LogP contribution in [0.1, 0.15) is 42.3 Å². The van der Waals surface area contributed by atoms with Gasteiger partial charge in [-0.15, -0.1) is 0 Å². The molecule has 108 valence electrons. The van der Waals surface area contributed by atoms with Crippen LogP contribution in [0, 0.1) is 0 Å². The Bertz CT molecular complexity index is 679. The Labute approximate surface area is 124 Å². The fourth-order valence-corrected chi connectivity index (χ4v) is 2.33. The largest absolute Gasteiger partial charge is 0.454 e. The number of ketones is 1. The quantitative estimate of drug-likeness (QED) is 0.782. The van der Waals surface area contributed by atoms with Crippen molar-refractivity contribution in [1.29, 1.82) is 0 Å². The lowest BCUT2D eigenvalue weighted by Crippen LogP contribution is -2.11. The van der Waals surface area contributed by atoms with Gasteiger partial charge in [0.15, 0.2) is 17.3 Å². The summed E-state index contributed by atoms with van der Waals surface area (Å²) in [6.45, 7) is 6.68. The normalized spacial score (nSPS) is 13.3. The lowest BCUT2D eigenvalue weighted by Gasteiger charge is -2.19. The Kier molecular flexibility index (Phi) is 3.20. The van der Waals surface area contributed by atoms with Crippen molar-refractivity contribution in [2.24, 2.45) is 0 Å². The molecule has 1 aliphatic rings. The molecule has 0 saturated heterocycles. The van der Waals surface area contributed by atoms with Crippen LogP contribution >= 0.6 is 0 Å². The van der Waals surface area contributed by atoms with Crippen molar-refractivity contribution >= 4 is 5.78 Å². The number of ether oxygens (including phenoxy) is 2. The van der Waals surface area contributed by atoms with Crippen LogP contribution < -0.4 is 9.47 Å². The van der Waals surface area contributed by atoms with E-state index in [4.69, 9.17) is 9.47 Å². The second-order valence-electron chi connectivity index (χ2n) is 6.22. The number of benzene rings is 2. The van der Waals surface area contributed by atoms with Gasteiger partial charge in [-0.2, -0.15) is 0 Å². The average Bonchev–Trinajstić information content (AvgIpc) is 2.93. The number of carbonyl (C=O) groups excluding carboxylic acids is 1. The van der Waals surface area contributed by atoms with E-state index in [0.29, 0.717) is 22.6 Å². The summed E-state index contributed by atoms with van der Waals surface area (Å²) >= 11 is 0. The van der Waals surface area contributed by atoms with Gasteiger partial charge in [-0.3, -0.25) is 4.79 Å². The predicted molar refractivity (Wildman–Crippen MR) is 81.1 cm³/mol. The summed E-state index contributed by atoms with van der Waals surface area (Å²) in [7, 11) is 0. The highest BCUT2D eigenvalue weighted by molar-refractivity contribution is 6.09. The third-order valence-electron chi connectivity index (χ3n) is 3.65. The first kappa shape index (κ1) is 13.7. The minimum atomic E-state index is -0.00578. The lowest BCUT2D eigenvalue weighted by molar-refractivity contribution is 0.103. The van der Waals surface area contributed by atoms with Crippen LogP contribution in [0.5, 0.6) is 11.5 Å². The van der Waals surface area contributed by atoms with Gasteiger partial charge in [-0.25, -0.2) is 0 Å². The van der Waals surface area contributed by atoms with Gasteiger partial charge in [0.25, 0.3) is 0 Å². The van der Waals surface area contributed by atoms with Crippen LogP contribution in [0.25, 0.3) is 0 Å². The Morgan fingerprint density at radius 2 is 1.52 bits per heavy atom. The summed E-state index contributed by atoms with van der Waals surface area (Å²) in [4.78, 5) is 12.5. The van der Waals surface area contributed by atoms with Crippen molar-refractivity contribution in [1.82, 2.24) is 0 Å². The number of carbonyl (C=O) groups is 1. The minimum Gasteiger partial charge on any atom is -0.454 e. The van der Waals surface area contributed by atoms with E-state index < -0.39 is 0 Å². The van der Waals surface area contributed by atoms with E-state index in [9.17, 15) is 4.79 Å². The molecule has 1 aliphatic heterocycles. The molecular formula is C18H18O3. The van der Waals surface area contributed by atoms with Crippen molar-refractivity contribution in [3.05, 3.63) is 59.2 Å². The highest BCUT2D eigenvalue weighted by atomic mass is 16.7. The molecule has 0 aromatic heterocycles. The Hall–Kier alpha value is -2.29. The number of hydrogen-bond acceptors (Lipinski definition) is 3. The Morgan fingerprint density at radius 1 is 0.905 bits per heavy atom. The van der Waals surface area contributed by atoms with Gasteiger partial charge in [-0.05, 0) is 29.2 Å². The second kappa shape index (κ2) is 4.92. The summed E-state index contributed by atoms with van der Waals surface area (Å²) in [6.07, 6.45) is 0. The van der Waals surface area contributed by atoms with Crippen molar-refractivity contribution < 1.29 is 14.3 Å². The maximum absolute atomic E-state index is 12.5. The monoisotopic (exact) mass is 282 g/mol. The molecule has 0 radical (unpaired) electrons. The predicted octanol–water partition coefficient (Wildman–Crippen LogP) is 3.94. The number of rotatable bonds is 2. The Morgan fingerprint density at radius 3 is 2.19 bits per heavy atom. The first-order valence-electron chi connectivity index (χ1n) is 7.00. The van der Waals surface area contributed by atoms with Crippen molar-refractivity contribution in [3.63, 3.8) is 0 Å². The maximum atomic E-state index is 12.5. The molecular weight excluding hydrogens is 264 g/mol. The van der Waals surface area contributed by atoms with E-state index in [0.717, 1.165) is 0 Å². The highest BCUT2D eigenvalue weighted by Crippen LogP contribution is 2.33. The first-order valence-corrected chi connectivity index (χ1v) is 7.00. The highest BCUT2D eigenvalue weighted by Gasteiger charge is 2.18. The molecule has 2 aromatic rings. The van der Waals surface area contributed by atoms with Crippen molar-refractivity contribution in [2.75, 3.05) is 6.79 Å². The molecule has 0 bridgehead atoms. The van der Waals surface area contributed by atoms with E-state index in [-0.39, 0.29) is 18.0 Å². The van der Waals surface area contributed by atoms with Crippen LogP contribution in [0.15, 0.2) is 42.5 Å². The summed E-state index contributed by atoms with van der Waals surface area (Å²) in [5.41, 5.74) is 2.59. The van der Waals surface area contributed by atoms with Gasteiger partial charge in [0.2, 0.25) is 6.79 Å². The molecule has 3 heteroatoms. The molecule has 0 aliphatic carbocycles. The van der Waals surface area contributed by atoms with E-state index in [1.165, 1.54) is 5.56 Å². The zero-order chi connectivity index (χ0) is 15.0. The molecule has 0 spiro atoms. The van der Waals surface area contributed by atoms with Crippen LogP contribution in [0.4, 0.5) is 0 Å². The third-order valence-corrected chi connectivity index (χ3v) is 3.65. The number of hydrogen-bond donors (Lipinski definition) is 0. The standard InChI is InChI=1S/C18H18O3/c1-18(2,3)14-7-4-12(5-8-14)17(19)13-6-9-15-16(10-13)21-11-20-15/h4-10H,11H2,1-3H3. The van der Waals surface area contributed by atoms with E-state index in [2.05, 4.69) is 20.8 Å². The maximum Gasteiger partial charge on any atom is 0.231 e. The van der Waals surface area contributed by atoms with Crippen molar-refractivity contribution in [3.8, 4) is 11.5 Å². The molecule has 0 N–H and O–H groups in total. The minimum absolute atomic E-state index is 0.00578. The van der Waals surface area contributed by atoms with Crippen LogP contribution in [-0.4, -0.2) is 12.6 Å². The van der Waals surface area contributed by atoms with E-state index in [1.54, 1.807) is 18.2 Å². The van der Waals surface area contributed by atoms with E-state index >= 15 is 0 Å². The molecule has 0 unspecified atom stereocenters. The van der Waals surface area contributed by atoms with E-state index in [1.807, 2.05) is 24.3 Å².